The molecule has 222 valence electrons. The number of anilines is 4. The van der Waals surface area contributed by atoms with Crippen molar-refractivity contribution >= 4 is 46.9 Å². The molecule has 0 radical (unpaired) electrons. The number of rotatable bonds is 9. The third kappa shape index (κ3) is 5.44. The Morgan fingerprint density at radius 2 is 1.95 bits per heavy atom. The van der Waals surface area contributed by atoms with E-state index >= 15 is 0 Å². The Labute approximate surface area is 249 Å². The summed E-state index contributed by atoms with van der Waals surface area (Å²) in [4.78, 5) is 48.5. The molecule has 7 rings (SSSR count). The number of amides is 2. The van der Waals surface area contributed by atoms with Gasteiger partial charge < -0.3 is 20.9 Å². The van der Waals surface area contributed by atoms with E-state index in [2.05, 4.69) is 36.2 Å². The summed E-state index contributed by atoms with van der Waals surface area (Å²) in [6.45, 7) is 0.204. The summed E-state index contributed by atoms with van der Waals surface area (Å²) >= 11 is 0. The normalized spacial score (nSPS) is 17.9. The number of pyridine rings is 1. The lowest BCUT2D eigenvalue weighted by Crippen LogP contribution is -2.41. The van der Waals surface area contributed by atoms with Gasteiger partial charge in [0.25, 0.3) is 5.91 Å². The van der Waals surface area contributed by atoms with Crippen LogP contribution >= 0.6 is 0 Å². The van der Waals surface area contributed by atoms with Crippen LogP contribution in [0.2, 0.25) is 0 Å². The van der Waals surface area contributed by atoms with E-state index < -0.39 is 29.8 Å². The van der Waals surface area contributed by atoms with Crippen molar-refractivity contribution in [2.75, 3.05) is 22.1 Å². The van der Waals surface area contributed by atoms with Gasteiger partial charge >= 0.3 is 0 Å². The van der Waals surface area contributed by atoms with Gasteiger partial charge in [-0.15, -0.1) is 5.10 Å². The zero-order valence-corrected chi connectivity index (χ0v) is 23.3. The number of carbonyl (C=O) groups is 3. The smallest absolute Gasteiger partial charge is 0.252 e. The third-order valence-electron chi connectivity index (χ3n) is 7.76. The topological polar surface area (TPSA) is 162 Å². The van der Waals surface area contributed by atoms with Crippen molar-refractivity contribution in [3.63, 3.8) is 0 Å². The third-order valence-corrected chi connectivity index (χ3v) is 7.76. The maximum absolute atomic E-state index is 13.6. The molecule has 5 aromatic rings. The maximum Gasteiger partial charge on any atom is 0.252 e. The monoisotopic (exact) mass is 594 g/mol. The lowest BCUT2D eigenvalue weighted by Gasteiger charge is -2.24. The number of aromatic amines is 1. The van der Waals surface area contributed by atoms with E-state index in [1.54, 1.807) is 39.9 Å². The average Bonchev–Trinajstić information content (AvgIpc) is 3.38. The summed E-state index contributed by atoms with van der Waals surface area (Å²) in [6, 6.07) is 13.4. The summed E-state index contributed by atoms with van der Waals surface area (Å²) < 4.78 is 15.0. The first-order chi connectivity index (χ1) is 21.4. The van der Waals surface area contributed by atoms with Crippen molar-refractivity contribution in [3.8, 4) is 0 Å². The molecule has 2 fully saturated rings. The molecule has 13 nitrogen and oxygen atoms in total. The number of aromatic nitrogens is 6. The second-order valence-electron chi connectivity index (χ2n) is 10.8. The number of fused-ring (bicyclic) bond motifs is 1. The molecule has 1 aliphatic heterocycles. The molecule has 1 aromatic carbocycles. The highest BCUT2D eigenvalue weighted by Crippen LogP contribution is 2.40. The maximum atomic E-state index is 13.6. The van der Waals surface area contributed by atoms with Crippen molar-refractivity contribution in [3.05, 3.63) is 89.8 Å². The number of nitrogens with one attached hydrogen (secondary N) is 4. The molecule has 14 heteroatoms. The molecule has 4 N–H and O–H groups in total. The molecule has 0 unspecified atom stereocenters. The quantitative estimate of drug-likeness (QED) is 0.148. The molecular weight excluding hydrogens is 567 g/mol. The van der Waals surface area contributed by atoms with Gasteiger partial charge in [0, 0.05) is 47.6 Å². The van der Waals surface area contributed by atoms with Gasteiger partial charge in [-0.05, 0) is 49.6 Å². The zero-order valence-electron chi connectivity index (χ0n) is 23.3. The van der Waals surface area contributed by atoms with E-state index in [9.17, 15) is 18.8 Å². The van der Waals surface area contributed by atoms with Crippen LogP contribution in [-0.2, 0) is 4.79 Å². The first kappa shape index (κ1) is 27.2. The number of H-pyrrole nitrogens is 1. The molecule has 1 saturated heterocycles. The van der Waals surface area contributed by atoms with E-state index in [0.717, 1.165) is 24.6 Å². The fraction of sp³-hybridized carbons (Fsp3) is 0.233. The van der Waals surface area contributed by atoms with Crippen LogP contribution in [0.25, 0.3) is 5.52 Å². The minimum Gasteiger partial charge on any atom is -0.347 e. The van der Waals surface area contributed by atoms with Crippen molar-refractivity contribution in [1.82, 2.24) is 35.1 Å². The number of benzene rings is 1. The fourth-order valence-electron chi connectivity index (χ4n) is 5.42. The Morgan fingerprint density at radius 3 is 2.75 bits per heavy atom. The minimum atomic E-state index is -0.806. The Kier molecular flexibility index (Phi) is 6.92. The summed E-state index contributed by atoms with van der Waals surface area (Å²) in [5.41, 5.74) is 2.59. The Morgan fingerprint density at radius 1 is 1.09 bits per heavy atom. The molecule has 0 bridgehead atoms. The highest BCUT2D eigenvalue weighted by Gasteiger charge is 2.40. The number of aldehydes is 1. The largest absolute Gasteiger partial charge is 0.347 e. The number of carbonyl (C=O) groups excluding carboxylic acids is 3. The number of hydrogen-bond donors (Lipinski definition) is 4. The summed E-state index contributed by atoms with van der Waals surface area (Å²) in [5, 5.41) is 21.2. The lowest BCUT2D eigenvalue weighted by molar-refractivity contribution is -0.117. The van der Waals surface area contributed by atoms with Crippen molar-refractivity contribution in [1.29, 1.82) is 0 Å². The Bertz CT molecular complexity index is 1870. The highest BCUT2D eigenvalue weighted by atomic mass is 19.1. The zero-order chi connectivity index (χ0) is 30.2. The van der Waals surface area contributed by atoms with Gasteiger partial charge in [0.1, 0.15) is 11.6 Å². The Balaban J connectivity index is 1.19. The van der Waals surface area contributed by atoms with E-state index in [1.807, 2.05) is 18.2 Å². The fourth-order valence-corrected chi connectivity index (χ4v) is 5.42. The molecule has 2 aliphatic rings. The highest BCUT2D eigenvalue weighted by molar-refractivity contribution is 6.02. The van der Waals surface area contributed by atoms with Crippen molar-refractivity contribution in [2.45, 2.75) is 37.3 Å². The van der Waals surface area contributed by atoms with Crippen LogP contribution < -0.4 is 20.9 Å². The van der Waals surface area contributed by atoms with E-state index in [1.165, 1.54) is 12.3 Å². The predicted molar refractivity (Wildman–Crippen MR) is 158 cm³/mol. The van der Waals surface area contributed by atoms with Crippen LogP contribution in [0.15, 0.2) is 67.0 Å². The van der Waals surface area contributed by atoms with E-state index in [0.29, 0.717) is 35.0 Å². The second kappa shape index (κ2) is 11.2. The molecule has 2 atom stereocenters. The van der Waals surface area contributed by atoms with Gasteiger partial charge in [-0.3, -0.25) is 19.5 Å². The number of hydrogen-bond acceptors (Lipinski definition) is 9. The lowest BCUT2D eigenvalue weighted by atomic mass is 10.1. The van der Waals surface area contributed by atoms with Gasteiger partial charge in [0.2, 0.25) is 17.8 Å². The average molecular weight is 595 g/mol. The van der Waals surface area contributed by atoms with E-state index in [-0.39, 0.29) is 30.0 Å². The van der Waals surface area contributed by atoms with Crippen molar-refractivity contribution < 1.29 is 18.8 Å². The Hall–Kier alpha value is -5.66. The first-order valence-corrected chi connectivity index (χ1v) is 14.2. The van der Waals surface area contributed by atoms with Crippen molar-refractivity contribution in [2.24, 2.45) is 0 Å². The first-order valence-electron chi connectivity index (χ1n) is 14.2. The molecule has 1 saturated carbocycles. The van der Waals surface area contributed by atoms with Crippen LogP contribution in [0.5, 0.6) is 0 Å². The second-order valence-corrected chi connectivity index (χ2v) is 10.8. The molecule has 44 heavy (non-hydrogen) atoms. The van der Waals surface area contributed by atoms with Crippen LogP contribution in [0.1, 0.15) is 51.6 Å². The predicted octanol–water partition coefficient (Wildman–Crippen LogP) is 3.44. The molecule has 2 amide bonds. The number of nitrogens with zero attached hydrogens (tertiary/aromatic N) is 6. The summed E-state index contributed by atoms with van der Waals surface area (Å²) in [5.74, 6) is 0.334. The standard InChI is InChI=1S/C30H27FN10O3/c31-25-10-9-19(14-32-25)33-29(44)24-12-20(34-28(43)21-5-2-1-4-18(21)16-42)15-40(24)30-36-27(23-6-3-11-41(23)39-30)35-26-13-22(37-38-26)17-7-8-17/h1-6,9-11,13-14,16-17,20,24H,7-8,12,15H2,(H,33,44)(H,34,43)(H2,35,36,37,38,39)/t20-,24-/m0/s1. The van der Waals surface area contributed by atoms with Crippen LogP contribution in [0, 0.1) is 5.95 Å². The van der Waals surface area contributed by atoms with E-state index in [4.69, 9.17) is 4.98 Å². The molecule has 5 heterocycles. The van der Waals surface area contributed by atoms with Gasteiger partial charge in [-0.2, -0.15) is 14.5 Å². The minimum absolute atomic E-state index is 0.204. The van der Waals surface area contributed by atoms with Gasteiger partial charge in [0.05, 0.1) is 11.9 Å². The summed E-state index contributed by atoms with van der Waals surface area (Å²) in [6.07, 6.45) is 6.11. The molecule has 1 aliphatic carbocycles. The van der Waals surface area contributed by atoms with Crippen LogP contribution in [-0.4, -0.2) is 66.5 Å². The van der Waals surface area contributed by atoms with Gasteiger partial charge in [-0.25, -0.2) is 9.50 Å². The summed E-state index contributed by atoms with van der Waals surface area (Å²) in [7, 11) is 0. The molecular formula is C30H27FN10O3. The van der Waals surface area contributed by atoms with Crippen LogP contribution in [0.4, 0.5) is 27.7 Å². The number of halogens is 1. The SMILES string of the molecule is O=Cc1ccccc1C(=O)N[C@H]1C[C@@H](C(=O)Nc2ccc(F)nc2)N(c2nc(Nc3cc(C4CC4)[nH]n3)c3cccn3n2)C1. The molecule has 0 spiro atoms. The molecule has 4 aromatic heterocycles. The van der Waals surface area contributed by atoms with Crippen LogP contribution in [0.3, 0.4) is 0 Å². The van der Waals surface area contributed by atoms with Gasteiger partial charge in [0.15, 0.2) is 17.9 Å². The van der Waals surface area contributed by atoms with Gasteiger partial charge in [-0.1, -0.05) is 18.2 Å².